The van der Waals surface area contributed by atoms with Gasteiger partial charge in [0, 0.05) is 16.4 Å². The number of amides is 1. The number of thioether (sulfide) groups is 1. The van der Waals surface area contributed by atoms with Gasteiger partial charge in [0.1, 0.15) is 0 Å². The van der Waals surface area contributed by atoms with Crippen LogP contribution in [-0.4, -0.2) is 43.9 Å². The average molecular weight is 398 g/mol. The van der Waals surface area contributed by atoms with Crippen molar-refractivity contribution in [3.05, 3.63) is 52.6 Å². The molecular formula is C20H22N4O3S. The normalized spacial score (nSPS) is 19.0. The van der Waals surface area contributed by atoms with E-state index in [0.717, 1.165) is 28.9 Å². The number of nitrogens with one attached hydrogen (secondary N) is 1. The number of allylic oxidation sites excluding steroid dienone is 1. The highest BCUT2D eigenvalue weighted by molar-refractivity contribution is 8.03. The molecule has 0 spiro atoms. The Kier molecular flexibility index (Phi) is 5.23. The number of aromatic nitrogens is 2. The molecule has 4 N–H and O–H groups in total. The summed E-state index contributed by atoms with van der Waals surface area (Å²) in [5.41, 5.74) is 9.56. The topological polar surface area (TPSA) is 112 Å². The van der Waals surface area contributed by atoms with E-state index in [9.17, 15) is 9.59 Å². The fraction of sp³-hybridized carbons (Fsp3) is 0.350. The lowest BCUT2D eigenvalue weighted by Crippen LogP contribution is -2.38. The maximum absolute atomic E-state index is 13.2. The zero-order chi connectivity index (χ0) is 19.7. The number of H-pyrrole nitrogens is 1. The molecule has 4 rings (SSSR count). The van der Waals surface area contributed by atoms with Gasteiger partial charge in [-0.2, -0.15) is 5.10 Å². The van der Waals surface area contributed by atoms with Crippen LogP contribution in [0.1, 0.15) is 34.5 Å². The van der Waals surface area contributed by atoms with Crippen LogP contribution in [0.4, 0.5) is 0 Å². The smallest absolute Gasteiger partial charge is 0.335 e. The summed E-state index contributed by atoms with van der Waals surface area (Å²) in [5, 5.41) is 18.8. The molecule has 7 nitrogen and oxygen atoms in total. The van der Waals surface area contributed by atoms with Gasteiger partial charge in [-0.25, -0.2) is 4.79 Å². The molecule has 0 bridgehead atoms. The predicted octanol–water partition coefficient (Wildman–Crippen LogP) is 2.60. The van der Waals surface area contributed by atoms with Crippen molar-refractivity contribution in [2.24, 2.45) is 11.7 Å². The first-order chi connectivity index (χ1) is 13.6. The number of aromatic amines is 1. The van der Waals surface area contributed by atoms with Crippen molar-refractivity contribution in [2.45, 2.75) is 31.2 Å². The SMILES string of the molecule is NCCC(C(=O)N1Cc2[nH]nc(-c3ccc(C(=O)O)cc3)c2C1)C1CC=CS1. The quantitative estimate of drug-likeness (QED) is 0.689. The summed E-state index contributed by atoms with van der Waals surface area (Å²) in [5.74, 6) is -0.899. The first-order valence-electron chi connectivity index (χ1n) is 9.27. The number of rotatable bonds is 6. The molecule has 2 atom stereocenters. The van der Waals surface area contributed by atoms with Crippen molar-refractivity contribution >= 4 is 23.6 Å². The molecule has 0 fully saturated rings. The van der Waals surface area contributed by atoms with Crippen LogP contribution in [0.25, 0.3) is 11.3 Å². The Hall–Kier alpha value is -2.58. The van der Waals surface area contributed by atoms with Gasteiger partial charge in [0.15, 0.2) is 0 Å². The summed E-state index contributed by atoms with van der Waals surface area (Å²) in [7, 11) is 0. The predicted molar refractivity (Wildman–Crippen MR) is 108 cm³/mol. The van der Waals surface area contributed by atoms with E-state index < -0.39 is 5.97 Å². The fourth-order valence-corrected chi connectivity index (χ4v) is 4.94. The molecule has 2 unspecified atom stereocenters. The molecule has 0 radical (unpaired) electrons. The number of hydrogen-bond donors (Lipinski definition) is 3. The van der Waals surface area contributed by atoms with Gasteiger partial charge in [-0.05, 0) is 36.9 Å². The van der Waals surface area contributed by atoms with Gasteiger partial charge >= 0.3 is 5.97 Å². The van der Waals surface area contributed by atoms with Crippen LogP contribution < -0.4 is 5.73 Å². The second kappa shape index (κ2) is 7.81. The summed E-state index contributed by atoms with van der Waals surface area (Å²) in [6, 6.07) is 6.64. The highest BCUT2D eigenvalue weighted by Gasteiger charge is 2.36. The lowest BCUT2D eigenvalue weighted by Gasteiger charge is -2.26. The minimum absolute atomic E-state index is 0.0831. The minimum atomic E-state index is -0.958. The molecule has 2 aliphatic rings. The number of fused-ring (bicyclic) bond motifs is 1. The summed E-state index contributed by atoms with van der Waals surface area (Å²) in [6.07, 6.45) is 3.70. The van der Waals surface area contributed by atoms with Gasteiger partial charge in [-0.15, -0.1) is 11.8 Å². The van der Waals surface area contributed by atoms with Crippen molar-refractivity contribution in [2.75, 3.05) is 6.54 Å². The monoisotopic (exact) mass is 398 g/mol. The molecule has 3 heterocycles. The third-order valence-electron chi connectivity index (χ3n) is 5.33. The highest BCUT2D eigenvalue weighted by atomic mass is 32.2. The molecule has 0 saturated heterocycles. The van der Waals surface area contributed by atoms with E-state index in [1.54, 1.807) is 36.0 Å². The molecule has 2 aliphatic heterocycles. The minimum Gasteiger partial charge on any atom is -0.478 e. The third kappa shape index (κ3) is 3.45. The number of nitrogens with zero attached hydrogens (tertiary/aromatic N) is 2. The summed E-state index contributed by atoms with van der Waals surface area (Å²) >= 11 is 1.72. The van der Waals surface area contributed by atoms with Crippen LogP contribution in [-0.2, 0) is 17.9 Å². The largest absolute Gasteiger partial charge is 0.478 e. The van der Waals surface area contributed by atoms with E-state index in [1.807, 2.05) is 4.90 Å². The molecular weight excluding hydrogens is 376 g/mol. The van der Waals surface area contributed by atoms with E-state index in [4.69, 9.17) is 10.8 Å². The van der Waals surface area contributed by atoms with Gasteiger partial charge in [-0.3, -0.25) is 9.89 Å². The van der Waals surface area contributed by atoms with Crippen LogP contribution in [0.2, 0.25) is 0 Å². The van der Waals surface area contributed by atoms with Crippen LogP contribution in [0.5, 0.6) is 0 Å². The lowest BCUT2D eigenvalue weighted by atomic mass is 9.97. The molecule has 28 heavy (non-hydrogen) atoms. The number of aromatic carboxylic acids is 1. The summed E-state index contributed by atoms with van der Waals surface area (Å²) in [4.78, 5) is 26.1. The average Bonchev–Trinajstić information content (AvgIpc) is 3.42. The summed E-state index contributed by atoms with van der Waals surface area (Å²) < 4.78 is 0. The van der Waals surface area contributed by atoms with Crippen molar-refractivity contribution in [3.63, 3.8) is 0 Å². The maximum Gasteiger partial charge on any atom is 0.335 e. The second-order valence-electron chi connectivity index (χ2n) is 7.07. The molecule has 146 valence electrons. The maximum atomic E-state index is 13.2. The molecule has 1 aromatic carbocycles. The number of carboxylic acid groups (broad SMARTS) is 1. The van der Waals surface area contributed by atoms with Crippen molar-refractivity contribution in [3.8, 4) is 11.3 Å². The number of benzene rings is 1. The molecule has 0 aliphatic carbocycles. The Morgan fingerprint density at radius 1 is 1.32 bits per heavy atom. The fourth-order valence-electron chi connectivity index (χ4n) is 3.85. The Morgan fingerprint density at radius 3 is 2.75 bits per heavy atom. The Labute approximate surface area is 167 Å². The van der Waals surface area contributed by atoms with Gasteiger partial charge in [0.2, 0.25) is 5.91 Å². The molecule has 1 aromatic heterocycles. The zero-order valence-corrected chi connectivity index (χ0v) is 16.1. The second-order valence-corrected chi connectivity index (χ2v) is 8.22. The van der Waals surface area contributed by atoms with Gasteiger partial charge in [0.05, 0.1) is 36.0 Å². The summed E-state index contributed by atoms with van der Waals surface area (Å²) in [6.45, 7) is 1.52. The van der Waals surface area contributed by atoms with Crippen molar-refractivity contribution in [1.82, 2.24) is 15.1 Å². The van der Waals surface area contributed by atoms with E-state index in [-0.39, 0.29) is 22.6 Å². The van der Waals surface area contributed by atoms with E-state index in [2.05, 4.69) is 21.7 Å². The van der Waals surface area contributed by atoms with Gasteiger partial charge in [0.25, 0.3) is 0 Å². The van der Waals surface area contributed by atoms with Crippen LogP contribution >= 0.6 is 11.8 Å². The van der Waals surface area contributed by atoms with Gasteiger partial charge < -0.3 is 15.7 Å². The van der Waals surface area contributed by atoms with Crippen LogP contribution in [0.15, 0.2) is 35.7 Å². The zero-order valence-electron chi connectivity index (χ0n) is 15.3. The first-order valence-corrected chi connectivity index (χ1v) is 10.2. The number of carbonyl (C=O) groups excluding carboxylic acids is 1. The molecule has 0 saturated carbocycles. The lowest BCUT2D eigenvalue weighted by molar-refractivity contribution is -0.136. The van der Waals surface area contributed by atoms with Crippen molar-refractivity contribution < 1.29 is 14.7 Å². The first kappa shape index (κ1) is 18.8. The van der Waals surface area contributed by atoms with Crippen LogP contribution in [0.3, 0.4) is 0 Å². The number of nitrogens with two attached hydrogens (primary N) is 1. The van der Waals surface area contributed by atoms with Crippen LogP contribution in [0, 0.1) is 5.92 Å². The third-order valence-corrected chi connectivity index (χ3v) is 6.55. The number of carboxylic acids is 1. The molecule has 8 heteroatoms. The number of hydrogen-bond acceptors (Lipinski definition) is 5. The van der Waals surface area contributed by atoms with E-state index in [1.165, 1.54) is 0 Å². The Bertz CT molecular complexity index is 914. The molecule has 1 amide bonds. The van der Waals surface area contributed by atoms with Gasteiger partial charge in [-0.1, -0.05) is 18.2 Å². The van der Waals surface area contributed by atoms with E-state index >= 15 is 0 Å². The highest BCUT2D eigenvalue weighted by Crippen LogP contribution is 2.36. The van der Waals surface area contributed by atoms with Crippen molar-refractivity contribution in [1.29, 1.82) is 0 Å². The Morgan fingerprint density at radius 2 is 2.11 bits per heavy atom. The Balaban J connectivity index is 1.52. The standard InChI is InChI=1S/C20H22N4O3S/c21-8-7-14(17-2-1-9-28-17)19(25)24-10-15-16(11-24)22-23-18(15)12-3-5-13(6-4-12)20(26)27/h1,3-6,9,14,17H,2,7-8,10-11,21H2,(H,22,23)(H,26,27). The number of carbonyl (C=O) groups is 2. The molecule has 2 aromatic rings. The van der Waals surface area contributed by atoms with E-state index in [0.29, 0.717) is 26.1 Å².